The lowest BCUT2D eigenvalue weighted by molar-refractivity contribution is 0.212. The second-order valence-electron chi connectivity index (χ2n) is 3.66. The van der Waals surface area contributed by atoms with E-state index in [1.165, 1.54) is 0 Å². The zero-order chi connectivity index (χ0) is 12.3. The Kier molecular flexibility index (Phi) is 6.60. The first-order chi connectivity index (χ1) is 8.33. The summed E-state index contributed by atoms with van der Waals surface area (Å²) in [5, 5.41) is 17.1. The van der Waals surface area contributed by atoms with Crippen molar-refractivity contribution < 1.29 is 5.11 Å². The van der Waals surface area contributed by atoms with E-state index in [1.807, 2.05) is 37.3 Å². The zero-order valence-corrected chi connectivity index (χ0v) is 10.0. The zero-order valence-electron chi connectivity index (χ0n) is 10.0. The Balaban J connectivity index is 2.33. The fourth-order valence-corrected chi connectivity index (χ4v) is 1.29. The van der Waals surface area contributed by atoms with Crippen LogP contribution in [0.5, 0.6) is 0 Å². The van der Waals surface area contributed by atoms with Gasteiger partial charge in [0.1, 0.15) is 0 Å². The number of rotatable bonds is 6. The van der Waals surface area contributed by atoms with Crippen LogP contribution in [-0.4, -0.2) is 23.6 Å². The van der Waals surface area contributed by atoms with Gasteiger partial charge in [0.05, 0.1) is 12.3 Å². The van der Waals surface area contributed by atoms with Gasteiger partial charge in [-0.05, 0) is 18.1 Å². The van der Waals surface area contributed by atoms with E-state index in [0.29, 0.717) is 0 Å². The van der Waals surface area contributed by atoms with Crippen molar-refractivity contribution in [3.8, 4) is 0 Å². The first-order valence-corrected chi connectivity index (χ1v) is 5.79. The molecule has 0 aromatic heterocycles. The molecule has 0 fully saturated rings. The van der Waals surface area contributed by atoms with Crippen LogP contribution in [0, 0.1) is 0 Å². The molecule has 0 saturated carbocycles. The molecule has 1 N–H and O–H groups in total. The third-order valence-electron chi connectivity index (χ3n) is 2.14. The van der Waals surface area contributed by atoms with Crippen molar-refractivity contribution in [2.24, 2.45) is 10.2 Å². The van der Waals surface area contributed by atoms with E-state index in [9.17, 15) is 5.11 Å². The molecule has 0 bridgehead atoms. The van der Waals surface area contributed by atoms with Crippen LogP contribution in [-0.2, 0) is 0 Å². The number of aliphatic hydroxyl groups is 1. The third-order valence-corrected chi connectivity index (χ3v) is 2.14. The monoisotopic (exact) mass is 230 g/mol. The molecule has 1 aromatic rings. The summed E-state index contributed by atoms with van der Waals surface area (Å²) in [5.74, 6) is 0. The smallest absolute Gasteiger partial charge is 0.0724 e. The van der Waals surface area contributed by atoms with E-state index in [-0.39, 0.29) is 6.10 Å². The summed E-state index contributed by atoms with van der Waals surface area (Å²) in [6, 6.07) is 9.77. The van der Waals surface area contributed by atoms with Crippen LogP contribution >= 0.6 is 0 Å². The first kappa shape index (κ1) is 13.3. The van der Waals surface area contributed by atoms with Gasteiger partial charge in [-0.1, -0.05) is 49.8 Å². The van der Waals surface area contributed by atoms with Gasteiger partial charge in [0.25, 0.3) is 0 Å². The molecule has 0 aliphatic carbocycles. The topological polar surface area (TPSA) is 45.0 Å². The number of nitrogens with zero attached hydrogens (tertiary/aromatic N) is 2. The molecule has 1 atom stereocenters. The van der Waals surface area contributed by atoms with E-state index in [2.05, 4.69) is 10.2 Å². The van der Waals surface area contributed by atoms with Gasteiger partial charge < -0.3 is 5.11 Å². The fourth-order valence-electron chi connectivity index (χ4n) is 1.29. The van der Waals surface area contributed by atoms with Crippen LogP contribution in [0.25, 0.3) is 0 Å². The molecule has 1 rings (SSSR count). The molecule has 0 spiro atoms. The van der Waals surface area contributed by atoms with Crippen molar-refractivity contribution in [3.63, 3.8) is 0 Å². The average molecular weight is 230 g/mol. The van der Waals surface area contributed by atoms with Crippen LogP contribution < -0.4 is 0 Å². The Morgan fingerprint density at radius 3 is 2.71 bits per heavy atom. The number of benzene rings is 1. The predicted molar refractivity (Wildman–Crippen MR) is 72.6 cm³/mol. The largest absolute Gasteiger partial charge is 0.389 e. The lowest BCUT2D eigenvalue weighted by Crippen LogP contribution is -1.99. The van der Waals surface area contributed by atoms with Crippen LogP contribution in [0.2, 0.25) is 0 Å². The Morgan fingerprint density at radius 2 is 2.00 bits per heavy atom. The van der Waals surface area contributed by atoms with Crippen LogP contribution in [0.3, 0.4) is 0 Å². The number of allylic oxidation sites excluding steroid dienone is 1. The van der Waals surface area contributed by atoms with Gasteiger partial charge in [-0.2, -0.15) is 10.2 Å². The second-order valence-corrected chi connectivity index (χ2v) is 3.66. The van der Waals surface area contributed by atoms with Gasteiger partial charge in [-0.3, -0.25) is 0 Å². The summed E-state index contributed by atoms with van der Waals surface area (Å²) in [7, 11) is 0. The van der Waals surface area contributed by atoms with Gasteiger partial charge in [-0.25, -0.2) is 0 Å². The highest BCUT2D eigenvalue weighted by Gasteiger charge is 1.93. The molecule has 0 heterocycles. The van der Waals surface area contributed by atoms with E-state index >= 15 is 0 Å². The number of hydrogen-bond donors (Lipinski definition) is 1. The molecule has 0 radical (unpaired) electrons. The SMILES string of the molecule is CCCC(O)/C=C/C=N/N=C/c1ccccc1. The van der Waals surface area contributed by atoms with Crippen LogP contribution in [0.15, 0.2) is 52.7 Å². The van der Waals surface area contributed by atoms with E-state index in [0.717, 1.165) is 18.4 Å². The molecule has 0 aliphatic rings. The molecule has 0 aliphatic heterocycles. The predicted octanol–water partition coefficient (Wildman–Crippen LogP) is 2.81. The lowest BCUT2D eigenvalue weighted by atomic mass is 10.2. The molecule has 90 valence electrons. The normalized spacial score (nSPS) is 14.0. The molecule has 3 heteroatoms. The molecular weight excluding hydrogens is 212 g/mol. The maximum absolute atomic E-state index is 9.40. The first-order valence-electron chi connectivity index (χ1n) is 5.79. The Bertz CT molecular complexity index is 382. The van der Waals surface area contributed by atoms with Crippen molar-refractivity contribution in [1.82, 2.24) is 0 Å². The van der Waals surface area contributed by atoms with Gasteiger partial charge in [0.15, 0.2) is 0 Å². The van der Waals surface area contributed by atoms with E-state index in [4.69, 9.17) is 0 Å². The molecule has 1 unspecified atom stereocenters. The molecule has 0 saturated heterocycles. The van der Waals surface area contributed by atoms with Crippen molar-refractivity contribution in [3.05, 3.63) is 48.0 Å². The van der Waals surface area contributed by atoms with Gasteiger partial charge in [0, 0.05) is 6.21 Å². The standard InChI is InChI=1S/C14H18N2O/c1-2-7-14(17)10-6-11-15-16-12-13-8-4-3-5-9-13/h3-6,8-12,14,17H,2,7H2,1H3/b10-6+,15-11+,16-12+. The second kappa shape index (κ2) is 8.42. The maximum atomic E-state index is 9.40. The highest BCUT2D eigenvalue weighted by molar-refractivity contribution is 5.80. The summed E-state index contributed by atoms with van der Waals surface area (Å²) >= 11 is 0. The minimum Gasteiger partial charge on any atom is -0.389 e. The van der Waals surface area contributed by atoms with Crippen molar-refractivity contribution in [1.29, 1.82) is 0 Å². The van der Waals surface area contributed by atoms with Gasteiger partial charge in [-0.15, -0.1) is 0 Å². The van der Waals surface area contributed by atoms with Gasteiger partial charge in [0.2, 0.25) is 0 Å². The van der Waals surface area contributed by atoms with Crippen LogP contribution in [0.4, 0.5) is 0 Å². The summed E-state index contributed by atoms with van der Waals surface area (Å²) in [5.41, 5.74) is 1.01. The van der Waals surface area contributed by atoms with Crippen molar-refractivity contribution in [2.45, 2.75) is 25.9 Å². The fraction of sp³-hybridized carbons (Fsp3) is 0.286. The molecule has 1 aromatic carbocycles. The van der Waals surface area contributed by atoms with Crippen molar-refractivity contribution in [2.75, 3.05) is 0 Å². The average Bonchev–Trinajstić information content (AvgIpc) is 2.35. The summed E-state index contributed by atoms with van der Waals surface area (Å²) in [6.07, 6.45) is 8.04. The molecule has 3 nitrogen and oxygen atoms in total. The van der Waals surface area contributed by atoms with E-state index < -0.39 is 0 Å². The lowest BCUT2D eigenvalue weighted by Gasteiger charge is -1.99. The molecule has 17 heavy (non-hydrogen) atoms. The Morgan fingerprint density at radius 1 is 1.24 bits per heavy atom. The summed E-state index contributed by atoms with van der Waals surface area (Å²) in [6.45, 7) is 2.04. The molecular formula is C14H18N2O. The van der Waals surface area contributed by atoms with Gasteiger partial charge >= 0.3 is 0 Å². The van der Waals surface area contributed by atoms with Crippen LogP contribution in [0.1, 0.15) is 25.3 Å². The van der Waals surface area contributed by atoms with Crippen molar-refractivity contribution >= 4 is 12.4 Å². The summed E-state index contributed by atoms with van der Waals surface area (Å²) in [4.78, 5) is 0. The number of aliphatic hydroxyl groups excluding tert-OH is 1. The minimum absolute atomic E-state index is 0.385. The highest BCUT2D eigenvalue weighted by atomic mass is 16.3. The Labute approximate surface area is 102 Å². The quantitative estimate of drug-likeness (QED) is 0.592. The summed E-state index contributed by atoms with van der Waals surface area (Å²) < 4.78 is 0. The van der Waals surface area contributed by atoms with E-state index in [1.54, 1.807) is 24.6 Å². The Hall–Kier alpha value is -1.74. The molecule has 0 amide bonds. The minimum atomic E-state index is -0.385. The highest BCUT2D eigenvalue weighted by Crippen LogP contribution is 1.96. The third kappa shape index (κ3) is 6.43. The maximum Gasteiger partial charge on any atom is 0.0724 e. The number of hydrogen-bond acceptors (Lipinski definition) is 3.